The minimum atomic E-state index is -0.149. The highest BCUT2D eigenvalue weighted by molar-refractivity contribution is 9.25. The van der Waals surface area contributed by atoms with Crippen molar-refractivity contribution in [2.45, 2.75) is 71.7 Å². The molecule has 4 heteroatoms. The highest BCUT2D eigenvalue weighted by atomic mass is 79.9. The molecule has 1 rings (SSSR count). The van der Waals surface area contributed by atoms with E-state index < -0.39 is 0 Å². The molecular formula is C18H26Br4. The Hall–Kier alpha value is 1.14. The number of hydrogen-bond acceptors (Lipinski definition) is 0. The van der Waals surface area contributed by atoms with Gasteiger partial charge in [-0.3, -0.25) is 0 Å². The largest absolute Gasteiger partial charge is 0.106 e. The summed E-state index contributed by atoms with van der Waals surface area (Å²) in [5.74, 6) is 0. The summed E-state index contributed by atoms with van der Waals surface area (Å²) in [7, 11) is 0. The first-order chi connectivity index (χ1) is 10.3. The monoisotopic (exact) mass is 558 g/mol. The normalized spacial score (nSPS) is 12.6. The van der Waals surface area contributed by atoms with E-state index in [4.69, 9.17) is 0 Å². The van der Waals surface area contributed by atoms with Gasteiger partial charge in [-0.1, -0.05) is 140 Å². The highest BCUT2D eigenvalue weighted by Crippen LogP contribution is 2.51. The van der Waals surface area contributed by atoms with E-state index in [1.807, 2.05) is 0 Å². The van der Waals surface area contributed by atoms with Crippen LogP contribution in [0.15, 0.2) is 24.3 Å². The minimum absolute atomic E-state index is 0.149. The van der Waals surface area contributed by atoms with Crippen molar-refractivity contribution in [1.29, 1.82) is 0 Å². The van der Waals surface area contributed by atoms with E-state index >= 15 is 0 Å². The second-order valence-electron chi connectivity index (χ2n) is 5.87. The van der Waals surface area contributed by atoms with Gasteiger partial charge in [0.2, 0.25) is 0 Å². The molecule has 0 aliphatic rings. The van der Waals surface area contributed by atoms with E-state index in [0.717, 1.165) is 12.8 Å². The lowest BCUT2D eigenvalue weighted by Gasteiger charge is -2.30. The Bertz CT molecular complexity index is 399. The zero-order valence-corrected chi connectivity index (χ0v) is 19.8. The number of hydrogen-bond donors (Lipinski definition) is 0. The second-order valence-corrected chi connectivity index (χ2v) is 13.4. The fourth-order valence-corrected chi connectivity index (χ4v) is 5.09. The molecule has 0 N–H and O–H groups in total. The molecule has 0 atom stereocenters. The second kappa shape index (κ2) is 10.2. The predicted molar refractivity (Wildman–Crippen MR) is 114 cm³/mol. The average molecular weight is 562 g/mol. The Morgan fingerprint density at radius 1 is 0.682 bits per heavy atom. The Morgan fingerprint density at radius 3 is 1.36 bits per heavy atom. The summed E-state index contributed by atoms with van der Waals surface area (Å²) in [6.07, 6.45) is 9.64. The van der Waals surface area contributed by atoms with Gasteiger partial charge >= 0.3 is 0 Å². The third-order valence-corrected chi connectivity index (χ3v) is 7.20. The van der Waals surface area contributed by atoms with Crippen molar-refractivity contribution in [3.8, 4) is 0 Å². The quantitative estimate of drug-likeness (QED) is 0.198. The van der Waals surface area contributed by atoms with Crippen LogP contribution < -0.4 is 0 Å². The van der Waals surface area contributed by atoms with Crippen molar-refractivity contribution in [3.05, 3.63) is 35.4 Å². The maximum absolute atomic E-state index is 3.92. The van der Waals surface area contributed by atoms with Gasteiger partial charge in [0.15, 0.2) is 0 Å². The molecule has 1 aromatic carbocycles. The molecule has 0 bridgehead atoms. The summed E-state index contributed by atoms with van der Waals surface area (Å²) >= 11 is 15.7. The van der Waals surface area contributed by atoms with Crippen LogP contribution in [0.3, 0.4) is 0 Å². The van der Waals surface area contributed by atoms with Crippen LogP contribution in [0, 0.1) is 0 Å². The van der Waals surface area contributed by atoms with Gasteiger partial charge in [0.05, 0.1) is 0 Å². The van der Waals surface area contributed by atoms with E-state index in [1.54, 1.807) is 0 Å². The van der Waals surface area contributed by atoms with Crippen LogP contribution in [-0.4, -0.2) is 0 Å². The van der Waals surface area contributed by atoms with E-state index in [1.165, 1.54) is 49.7 Å². The molecule has 126 valence electrons. The Morgan fingerprint density at radius 2 is 1.05 bits per heavy atom. The molecule has 0 aliphatic carbocycles. The molecule has 0 spiro atoms. The van der Waals surface area contributed by atoms with Gasteiger partial charge in [-0.2, -0.15) is 0 Å². The number of alkyl halides is 4. The summed E-state index contributed by atoms with van der Waals surface area (Å²) in [5, 5.41) is 0. The van der Waals surface area contributed by atoms with Crippen LogP contribution in [0.2, 0.25) is 0 Å². The molecule has 0 radical (unpaired) electrons. The topological polar surface area (TPSA) is 0 Å². The van der Waals surface area contributed by atoms with Crippen LogP contribution in [0.4, 0.5) is 0 Å². The van der Waals surface area contributed by atoms with Crippen LogP contribution in [0.5, 0.6) is 0 Å². The fourth-order valence-electron chi connectivity index (χ4n) is 2.58. The lowest BCUT2D eigenvalue weighted by molar-refractivity contribution is 0.627. The first-order valence-electron chi connectivity index (χ1n) is 8.20. The maximum Gasteiger partial charge on any atom is 0.106 e. The summed E-state index contributed by atoms with van der Waals surface area (Å²) in [4.78, 5) is 0. The highest BCUT2D eigenvalue weighted by Gasteiger charge is 2.34. The number of unbranched alkanes of at least 4 members (excludes halogenated alkanes) is 4. The molecular weight excluding hydrogens is 536 g/mol. The molecule has 0 saturated carbocycles. The first kappa shape index (κ1) is 21.2. The predicted octanol–water partition coefficient (Wildman–Crippen LogP) is 8.73. The van der Waals surface area contributed by atoms with E-state index in [-0.39, 0.29) is 6.47 Å². The van der Waals surface area contributed by atoms with Gasteiger partial charge in [0.1, 0.15) is 6.47 Å². The van der Waals surface area contributed by atoms with Crippen molar-refractivity contribution in [2.24, 2.45) is 0 Å². The summed E-state index contributed by atoms with van der Waals surface area (Å²) in [6.45, 7) is 4.49. The van der Waals surface area contributed by atoms with E-state index in [9.17, 15) is 0 Å². The zero-order valence-electron chi connectivity index (χ0n) is 13.5. The van der Waals surface area contributed by atoms with Crippen molar-refractivity contribution < 1.29 is 0 Å². The smallest absolute Gasteiger partial charge is 0.0674 e. The van der Waals surface area contributed by atoms with Gasteiger partial charge < -0.3 is 0 Å². The van der Waals surface area contributed by atoms with Crippen LogP contribution in [0.25, 0.3) is 0 Å². The summed E-state index contributed by atoms with van der Waals surface area (Å²) in [5.41, 5.74) is 2.63. The lowest BCUT2D eigenvalue weighted by atomic mass is 9.96. The first-order valence-corrected chi connectivity index (χ1v) is 11.4. The van der Waals surface area contributed by atoms with Crippen LogP contribution >= 0.6 is 63.7 Å². The number of halogens is 4. The van der Waals surface area contributed by atoms with Gasteiger partial charge in [0.25, 0.3) is 0 Å². The maximum atomic E-state index is 3.92. The molecule has 1 aromatic rings. The molecule has 0 aromatic heterocycles. The van der Waals surface area contributed by atoms with Crippen molar-refractivity contribution >= 4 is 63.7 Å². The van der Waals surface area contributed by atoms with Crippen LogP contribution in [0.1, 0.15) is 76.3 Å². The molecule has 0 saturated heterocycles. The minimum Gasteiger partial charge on any atom is -0.0674 e. The third kappa shape index (κ3) is 6.57. The fraction of sp³-hybridized carbons (Fsp3) is 0.667. The SMILES string of the molecule is CCCCCC(Br)(Br)c1ccccc1C(Br)(Br)CCCCC. The third-order valence-electron chi connectivity index (χ3n) is 3.90. The van der Waals surface area contributed by atoms with Crippen molar-refractivity contribution in [1.82, 2.24) is 0 Å². The lowest BCUT2D eigenvalue weighted by Crippen LogP contribution is -2.19. The number of benzene rings is 1. The number of rotatable bonds is 10. The Kier molecular flexibility index (Phi) is 9.82. The van der Waals surface area contributed by atoms with Crippen molar-refractivity contribution in [3.63, 3.8) is 0 Å². The Labute approximate surface area is 169 Å². The van der Waals surface area contributed by atoms with Gasteiger partial charge in [-0.15, -0.1) is 0 Å². The Balaban J connectivity index is 2.97. The van der Waals surface area contributed by atoms with Gasteiger partial charge in [0, 0.05) is 0 Å². The molecule has 0 heterocycles. The van der Waals surface area contributed by atoms with Crippen molar-refractivity contribution in [2.75, 3.05) is 0 Å². The molecule has 22 heavy (non-hydrogen) atoms. The molecule has 0 fully saturated rings. The standard InChI is InChI=1S/C18H26Br4/c1-3-5-9-13-17(19,20)15-11-7-8-12-16(15)18(21,22)14-10-6-4-2/h7-8,11-12H,3-6,9-10,13-14H2,1-2H3. The van der Waals surface area contributed by atoms with Gasteiger partial charge in [-0.25, -0.2) is 0 Å². The van der Waals surface area contributed by atoms with Crippen LogP contribution in [-0.2, 0) is 6.47 Å². The molecule has 0 aliphatic heterocycles. The molecule has 0 unspecified atom stereocenters. The molecule has 0 amide bonds. The van der Waals surface area contributed by atoms with E-state index in [0.29, 0.717) is 0 Å². The van der Waals surface area contributed by atoms with E-state index in [2.05, 4.69) is 102 Å². The average Bonchev–Trinajstić information content (AvgIpc) is 2.47. The zero-order chi connectivity index (χ0) is 16.6. The van der Waals surface area contributed by atoms with Gasteiger partial charge in [-0.05, 0) is 24.0 Å². The summed E-state index contributed by atoms with van der Waals surface area (Å²) in [6, 6.07) is 8.69. The molecule has 0 nitrogen and oxygen atoms in total. The summed E-state index contributed by atoms with van der Waals surface area (Å²) < 4.78 is -0.299.